The summed E-state index contributed by atoms with van der Waals surface area (Å²) in [6, 6.07) is 9.68. The highest BCUT2D eigenvalue weighted by atomic mass is 32.2. The number of allylic oxidation sites excluding steroid dienone is 1. The van der Waals surface area contributed by atoms with Crippen LogP contribution in [0.2, 0.25) is 0 Å². The first-order chi connectivity index (χ1) is 9.52. The smallest absolute Gasteiger partial charge is 0.291 e. The van der Waals surface area contributed by atoms with Crippen molar-refractivity contribution in [2.45, 2.75) is 31.8 Å². The van der Waals surface area contributed by atoms with Crippen LogP contribution in [-0.2, 0) is 16.5 Å². The highest BCUT2D eigenvalue weighted by molar-refractivity contribution is 7.85. The third-order valence-corrected chi connectivity index (χ3v) is 2.34. The largest absolute Gasteiger partial charge is 0.387 e. The van der Waals surface area contributed by atoms with Crippen molar-refractivity contribution in [1.29, 1.82) is 0 Å². The molecular weight excluding hydrogens is 302 g/mol. The number of rotatable bonds is 5. The Hall–Kier alpha value is -1.31. The van der Waals surface area contributed by atoms with Gasteiger partial charge in [-0.1, -0.05) is 36.4 Å². The van der Waals surface area contributed by atoms with Crippen LogP contribution in [0.5, 0.6) is 0 Å². The predicted octanol–water partition coefficient (Wildman–Crippen LogP) is 2.70. The van der Waals surface area contributed by atoms with E-state index < -0.39 is 22.1 Å². The number of aryl methyl sites for hydroxylation is 1. The molecule has 0 amide bonds. The van der Waals surface area contributed by atoms with Crippen LogP contribution in [0.1, 0.15) is 18.9 Å². The van der Waals surface area contributed by atoms with Crippen molar-refractivity contribution >= 4 is 10.1 Å². The van der Waals surface area contributed by atoms with Gasteiger partial charge in [0.15, 0.2) is 0 Å². The van der Waals surface area contributed by atoms with Gasteiger partial charge in [-0.15, -0.1) is 0 Å². The molecule has 1 aromatic carbocycles. The van der Waals surface area contributed by atoms with Gasteiger partial charge < -0.3 is 5.11 Å². The lowest BCUT2D eigenvalue weighted by atomic mass is 10.1. The van der Waals surface area contributed by atoms with E-state index in [0.29, 0.717) is 12.7 Å². The summed E-state index contributed by atoms with van der Waals surface area (Å²) in [5.74, 6) is -3.13. The molecule has 1 aromatic rings. The molecule has 0 saturated heterocycles. The molecule has 4 nitrogen and oxygen atoms in total. The molecule has 0 heterocycles. The van der Waals surface area contributed by atoms with Gasteiger partial charge in [0.05, 0.1) is 6.26 Å². The maximum absolute atomic E-state index is 12.9. The van der Waals surface area contributed by atoms with E-state index in [-0.39, 0.29) is 0 Å². The Morgan fingerprint density at radius 2 is 1.76 bits per heavy atom. The highest BCUT2D eigenvalue weighted by Crippen LogP contribution is 2.20. The molecule has 0 aliphatic carbocycles. The van der Waals surface area contributed by atoms with Gasteiger partial charge in [-0.05, 0) is 31.4 Å². The monoisotopic (exact) mass is 322 g/mol. The Morgan fingerprint density at radius 1 is 1.29 bits per heavy atom. The van der Waals surface area contributed by atoms with E-state index in [1.54, 1.807) is 0 Å². The molecule has 0 spiro atoms. The number of halogens is 2. The number of aliphatic hydroxyl groups is 1. The van der Waals surface area contributed by atoms with Crippen molar-refractivity contribution in [3.63, 3.8) is 0 Å². The zero-order valence-corrected chi connectivity index (χ0v) is 12.7. The van der Waals surface area contributed by atoms with Crippen LogP contribution in [0.25, 0.3) is 0 Å². The van der Waals surface area contributed by atoms with E-state index in [1.165, 1.54) is 6.08 Å². The number of aliphatic hydroxyl groups excluding tert-OH is 1. The number of hydrogen-bond donors (Lipinski definition) is 2. The minimum Gasteiger partial charge on any atom is -0.387 e. The first kappa shape index (κ1) is 19.7. The Labute approximate surface area is 123 Å². The fourth-order valence-corrected chi connectivity index (χ4v) is 1.27. The summed E-state index contributed by atoms with van der Waals surface area (Å²) < 4.78 is 51.7. The molecule has 2 N–H and O–H groups in total. The van der Waals surface area contributed by atoms with Crippen molar-refractivity contribution in [2.24, 2.45) is 0 Å². The van der Waals surface area contributed by atoms with Gasteiger partial charge in [0.1, 0.15) is 6.10 Å². The molecular formula is C14H20F2O4S. The fourth-order valence-electron chi connectivity index (χ4n) is 1.27. The lowest BCUT2D eigenvalue weighted by Crippen LogP contribution is -2.27. The topological polar surface area (TPSA) is 74.6 Å². The second-order valence-corrected chi connectivity index (χ2v) is 5.98. The van der Waals surface area contributed by atoms with Gasteiger partial charge in [0.25, 0.3) is 16.0 Å². The van der Waals surface area contributed by atoms with Crippen molar-refractivity contribution in [1.82, 2.24) is 0 Å². The third-order valence-electron chi connectivity index (χ3n) is 2.34. The standard InChI is InChI=1S/C13H16F2O.CH4O3S/c1-11(16)13(14,15)10-6-5-9-12-7-3-2-4-8-12;1-5(2,3)4/h2-4,6-8,10-11,16H,5,9H2,1H3;1H3,(H,2,3,4). The maximum Gasteiger partial charge on any atom is 0.291 e. The first-order valence-corrected chi connectivity index (χ1v) is 8.07. The average molecular weight is 322 g/mol. The fraction of sp³-hybridized carbons (Fsp3) is 0.429. The summed E-state index contributed by atoms with van der Waals surface area (Å²) in [5, 5.41) is 8.80. The Bertz CT molecular complexity index is 517. The summed E-state index contributed by atoms with van der Waals surface area (Å²) in [6.45, 7) is 1.08. The van der Waals surface area contributed by atoms with E-state index in [9.17, 15) is 17.2 Å². The molecule has 7 heteroatoms. The van der Waals surface area contributed by atoms with Crippen molar-refractivity contribution in [3.8, 4) is 0 Å². The van der Waals surface area contributed by atoms with Gasteiger partial charge in [-0.2, -0.15) is 17.2 Å². The molecule has 0 fully saturated rings. The molecule has 0 aliphatic rings. The van der Waals surface area contributed by atoms with Gasteiger partial charge in [0.2, 0.25) is 0 Å². The molecule has 0 saturated carbocycles. The average Bonchev–Trinajstić information content (AvgIpc) is 2.34. The predicted molar refractivity (Wildman–Crippen MR) is 78.0 cm³/mol. The zero-order chi connectivity index (χ0) is 16.5. The van der Waals surface area contributed by atoms with E-state index in [1.807, 2.05) is 30.3 Å². The second kappa shape index (κ2) is 8.86. The van der Waals surface area contributed by atoms with Gasteiger partial charge >= 0.3 is 0 Å². The van der Waals surface area contributed by atoms with E-state index in [4.69, 9.17) is 9.66 Å². The van der Waals surface area contributed by atoms with E-state index in [2.05, 4.69) is 0 Å². The second-order valence-electron chi connectivity index (χ2n) is 4.51. The minimum absolute atomic E-state index is 0.548. The van der Waals surface area contributed by atoms with Crippen LogP contribution in [0.3, 0.4) is 0 Å². The molecule has 0 aliphatic heterocycles. The van der Waals surface area contributed by atoms with E-state index >= 15 is 0 Å². The Kier molecular flexibility index (Phi) is 8.31. The van der Waals surface area contributed by atoms with Crippen molar-refractivity contribution in [2.75, 3.05) is 6.26 Å². The van der Waals surface area contributed by atoms with Crippen LogP contribution in [0, 0.1) is 0 Å². The molecule has 120 valence electrons. The van der Waals surface area contributed by atoms with Gasteiger partial charge in [-0.25, -0.2) is 0 Å². The lowest BCUT2D eigenvalue weighted by molar-refractivity contribution is -0.0596. The Balaban J connectivity index is 0.000000690. The third kappa shape index (κ3) is 12.2. The molecule has 0 radical (unpaired) electrons. The van der Waals surface area contributed by atoms with E-state index in [0.717, 1.165) is 25.0 Å². The summed E-state index contributed by atoms with van der Waals surface area (Å²) in [6.07, 6.45) is 2.55. The van der Waals surface area contributed by atoms with Crippen LogP contribution < -0.4 is 0 Å². The highest BCUT2D eigenvalue weighted by Gasteiger charge is 2.31. The van der Waals surface area contributed by atoms with Crippen LogP contribution in [-0.4, -0.2) is 36.4 Å². The SMILES string of the molecule is CC(O)C(F)(F)C=CCCc1ccccc1.CS(=O)(=O)O. The summed E-state index contributed by atoms with van der Waals surface area (Å²) in [7, 11) is -3.67. The maximum atomic E-state index is 12.9. The molecule has 1 rings (SSSR count). The van der Waals surface area contributed by atoms with Crippen molar-refractivity contribution < 1.29 is 26.9 Å². The first-order valence-electron chi connectivity index (χ1n) is 6.22. The molecule has 21 heavy (non-hydrogen) atoms. The molecule has 1 atom stereocenters. The zero-order valence-electron chi connectivity index (χ0n) is 11.9. The summed E-state index contributed by atoms with van der Waals surface area (Å²) >= 11 is 0. The number of alkyl halides is 2. The van der Waals surface area contributed by atoms with Crippen LogP contribution >= 0.6 is 0 Å². The number of benzene rings is 1. The lowest BCUT2D eigenvalue weighted by Gasteiger charge is -2.14. The Morgan fingerprint density at radius 3 is 2.19 bits per heavy atom. The summed E-state index contributed by atoms with van der Waals surface area (Å²) in [4.78, 5) is 0. The van der Waals surface area contributed by atoms with Crippen molar-refractivity contribution in [3.05, 3.63) is 48.0 Å². The number of hydrogen-bond acceptors (Lipinski definition) is 3. The van der Waals surface area contributed by atoms with Gasteiger partial charge in [-0.3, -0.25) is 4.55 Å². The molecule has 0 bridgehead atoms. The quantitative estimate of drug-likeness (QED) is 0.645. The van der Waals surface area contributed by atoms with Gasteiger partial charge in [0, 0.05) is 0 Å². The van der Waals surface area contributed by atoms with Crippen LogP contribution in [0.4, 0.5) is 8.78 Å². The molecule has 0 aromatic heterocycles. The normalized spacial score (nSPS) is 13.6. The molecule has 1 unspecified atom stereocenters. The minimum atomic E-state index is -3.67. The summed E-state index contributed by atoms with van der Waals surface area (Å²) in [5.41, 5.74) is 1.12. The van der Waals surface area contributed by atoms with Crippen LogP contribution in [0.15, 0.2) is 42.5 Å².